The van der Waals surface area contributed by atoms with Gasteiger partial charge in [0.05, 0.1) is 28.4 Å². The average Bonchev–Trinajstić information content (AvgIpc) is 2.78. The molecule has 22 heavy (non-hydrogen) atoms. The van der Waals surface area contributed by atoms with Gasteiger partial charge < -0.3 is 9.47 Å². The molecule has 1 aliphatic rings. The highest BCUT2D eigenvalue weighted by molar-refractivity contribution is 7.84. The lowest BCUT2D eigenvalue weighted by Gasteiger charge is -2.28. The Morgan fingerprint density at radius 3 is 2.45 bits per heavy atom. The molecule has 0 bridgehead atoms. The highest BCUT2D eigenvalue weighted by Gasteiger charge is 2.38. The van der Waals surface area contributed by atoms with Gasteiger partial charge in [-0.05, 0) is 46.6 Å². The SMILES string of the molecule is CC1(C)OC[C@H]([C@H](Cc2ccccc2)NS(=O)C(C)(C)C)O1. The van der Waals surface area contributed by atoms with E-state index in [1.165, 1.54) is 5.56 Å². The molecule has 1 fully saturated rings. The van der Waals surface area contributed by atoms with Crippen molar-refractivity contribution in [2.75, 3.05) is 6.61 Å². The van der Waals surface area contributed by atoms with Gasteiger partial charge in [0.25, 0.3) is 0 Å². The summed E-state index contributed by atoms with van der Waals surface area (Å²) in [4.78, 5) is 0. The molecular formula is C17H27NO3S. The van der Waals surface area contributed by atoms with Crippen LogP contribution in [0, 0.1) is 0 Å². The Morgan fingerprint density at radius 2 is 1.95 bits per heavy atom. The summed E-state index contributed by atoms with van der Waals surface area (Å²) in [5, 5.41) is 0. The first-order valence-corrected chi connectivity index (χ1v) is 8.86. The molecule has 5 heteroatoms. The van der Waals surface area contributed by atoms with Gasteiger partial charge in [0.2, 0.25) is 0 Å². The quantitative estimate of drug-likeness (QED) is 0.905. The van der Waals surface area contributed by atoms with E-state index in [0.29, 0.717) is 6.61 Å². The van der Waals surface area contributed by atoms with Gasteiger partial charge in [0, 0.05) is 0 Å². The van der Waals surface area contributed by atoms with Gasteiger partial charge in [0.15, 0.2) is 5.79 Å². The number of rotatable bonds is 5. The van der Waals surface area contributed by atoms with Crippen LogP contribution in [-0.4, -0.2) is 33.5 Å². The summed E-state index contributed by atoms with van der Waals surface area (Å²) in [7, 11) is -1.15. The van der Waals surface area contributed by atoms with Crippen molar-refractivity contribution < 1.29 is 13.7 Å². The molecule has 4 nitrogen and oxygen atoms in total. The molecule has 1 heterocycles. The molecule has 0 saturated carbocycles. The monoisotopic (exact) mass is 325 g/mol. The lowest BCUT2D eigenvalue weighted by Crippen LogP contribution is -2.48. The van der Waals surface area contributed by atoms with E-state index >= 15 is 0 Å². The van der Waals surface area contributed by atoms with Crippen molar-refractivity contribution in [1.29, 1.82) is 0 Å². The topological polar surface area (TPSA) is 47.6 Å². The molecule has 1 N–H and O–H groups in total. The van der Waals surface area contributed by atoms with Crippen LogP contribution >= 0.6 is 0 Å². The molecule has 2 rings (SSSR count). The standard InChI is InChI=1S/C17H27NO3S/c1-16(2,3)22(19)18-14(11-13-9-7-6-8-10-13)15-12-20-17(4,5)21-15/h6-10,14-15,18H,11-12H2,1-5H3/t14-,15+,22?/m0/s1. The second-order valence-corrected chi connectivity index (χ2v) is 9.16. The van der Waals surface area contributed by atoms with Gasteiger partial charge >= 0.3 is 0 Å². The maximum atomic E-state index is 12.5. The Balaban J connectivity index is 2.12. The number of benzene rings is 1. The molecule has 0 aromatic heterocycles. The van der Waals surface area contributed by atoms with E-state index in [9.17, 15) is 4.21 Å². The molecular weight excluding hydrogens is 298 g/mol. The van der Waals surface area contributed by atoms with Crippen molar-refractivity contribution in [1.82, 2.24) is 4.72 Å². The number of hydrogen-bond acceptors (Lipinski definition) is 3. The van der Waals surface area contributed by atoms with E-state index in [-0.39, 0.29) is 16.9 Å². The molecule has 0 spiro atoms. The third-order valence-corrected chi connectivity index (χ3v) is 5.22. The Hall–Kier alpha value is -0.750. The molecule has 1 unspecified atom stereocenters. The highest BCUT2D eigenvalue weighted by Crippen LogP contribution is 2.26. The van der Waals surface area contributed by atoms with Crippen LogP contribution < -0.4 is 4.72 Å². The van der Waals surface area contributed by atoms with Crippen LogP contribution in [0.4, 0.5) is 0 Å². The lowest BCUT2D eigenvalue weighted by molar-refractivity contribution is -0.141. The summed E-state index contributed by atoms with van der Waals surface area (Å²) >= 11 is 0. The summed E-state index contributed by atoms with van der Waals surface area (Å²) in [6.07, 6.45) is 0.647. The lowest BCUT2D eigenvalue weighted by atomic mass is 10.0. The summed E-state index contributed by atoms with van der Waals surface area (Å²) in [5.74, 6) is -0.579. The Morgan fingerprint density at radius 1 is 1.32 bits per heavy atom. The highest BCUT2D eigenvalue weighted by atomic mass is 32.2. The summed E-state index contributed by atoms with van der Waals surface area (Å²) in [5.41, 5.74) is 1.19. The molecule has 0 aliphatic carbocycles. The van der Waals surface area contributed by atoms with E-state index in [0.717, 1.165) is 6.42 Å². The first kappa shape index (κ1) is 17.6. The third kappa shape index (κ3) is 4.88. The van der Waals surface area contributed by atoms with E-state index < -0.39 is 16.8 Å². The maximum Gasteiger partial charge on any atom is 0.163 e. The largest absolute Gasteiger partial charge is 0.348 e. The fraction of sp³-hybridized carbons (Fsp3) is 0.647. The zero-order valence-electron chi connectivity index (χ0n) is 14.1. The van der Waals surface area contributed by atoms with Crippen LogP contribution in [0.3, 0.4) is 0 Å². The van der Waals surface area contributed by atoms with E-state index in [1.54, 1.807) is 0 Å². The first-order chi connectivity index (χ1) is 10.2. The van der Waals surface area contributed by atoms with Crippen molar-refractivity contribution in [2.45, 2.75) is 63.7 Å². The second-order valence-electron chi connectivity index (χ2n) is 7.16. The van der Waals surface area contributed by atoms with Crippen LogP contribution in [0.5, 0.6) is 0 Å². The fourth-order valence-electron chi connectivity index (χ4n) is 2.34. The molecule has 1 aromatic carbocycles. The zero-order chi connectivity index (χ0) is 16.4. The van der Waals surface area contributed by atoms with Crippen LogP contribution in [0.2, 0.25) is 0 Å². The Kier molecular flexibility index (Phi) is 5.43. The Labute approximate surface area is 136 Å². The van der Waals surface area contributed by atoms with Gasteiger partial charge in [-0.2, -0.15) is 0 Å². The molecule has 3 atom stereocenters. The third-order valence-electron chi connectivity index (χ3n) is 3.59. The number of nitrogens with one attached hydrogen (secondary N) is 1. The van der Waals surface area contributed by atoms with Gasteiger partial charge in [-0.3, -0.25) is 0 Å². The zero-order valence-corrected chi connectivity index (χ0v) is 14.9. The number of hydrogen-bond donors (Lipinski definition) is 1. The molecule has 1 aliphatic heterocycles. The maximum absolute atomic E-state index is 12.5. The van der Waals surface area contributed by atoms with E-state index in [2.05, 4.69) is 16.9 Å². The smallest absolute Gasteiger partial charge is 0.163 e. The van der Waals surface area contributed by atoms with Crippen molar-refractivity contribution in [2.24, 2.45) is 0 Å². The van der Waals surface area contributed by atoms with Crippen LogP contribution in [0.15, 0.2) is 30.3 Å². The van der Waals surface area contributed by atoms with Gasteiger partial charge in [0.1, 0.15) is 6.10 Å². The first-order valence-electron chi connectivity index (χ1n) is 7.71. The van der Waals surface area contributed by atoms with Gasteiger partial charge in [-0.25, -0.2) is 8.93 Å². The summed E-state index contributed by atoms with van der Waals surface area (Å²) < 4.78 is 27.1. The van der Waals surface area contributed by atoms with Crippen LogP contribution in [0.25, 0.3) is 0 Å². The van der Waals surface area contributed by atoms with Crippen molar-refractivity contribution in [3.63, 3.8) is 0 Å². The fourth-order valence-corrected chi connectivity index (χ4v) is 3.21. The van der Waals surface area contributed by atoms with Gasteiger partial charge in [-0.1, -0.05) is 30.3 Å². The second kappa shape index (κ2) is 6.79. The molecule has 0 amide bonds. The predicted octanol–water partition coefficient (Wildman–Crippen LogP) is 2.80. The normalized spacial score (nSPS) is 24.1. The summed E-state index contributed by atoms with van der Waals surface area (Å²) in [6, 6.07) is 10.1. The van der Waals surface area contributed by atoms with Crippen molar-refractivity contribution in [3.8, 4) is 0 Å². The van der Waals surface area contributed by atoms with E-state index in [1.807, 2.05) is 52.8 Å². The number of ether oxygens (including phenoxy) is 2. The minimum absolute atomic E-state index is 0.0516. The Bertz CT molecular complexity index is 510. The predicted molar refractivity (Wildman–Crippen MR) is 89.9 cm³/mol. The van der Waals surface area contributed by atoms with Crippen LogP contribution in [-0.2, 0) is 26.9 Å². The molecule has 1 aromatic rings. The van der Waals surface area contributed by atoms with E-state index in [4.69, 9.17) is 9.47 Å². The molecule has 0 radical (unpaired) electrons. The minimum atomic E-state index is -1.15. The van der Waals surface area contributed by atoms with Crippen molar-refractivity contribution >= 4 is 11.0 Å². The van der Waals surface area contributed by atoms with Gasteiger partial charge in [-0.15, -0.1) is 0 Å². The minimum Gasteiger partial charge on any atom is -0.348 e. The van der Waals surface area contributed by atoms with Crippen LogP contribution in [0.1, 0.15) is 40.2 Å². The molecule has 124 valence electrons. The summed E-state index contributed by atoms with van der Waals surface area (Å²) in [6.45, 7) is 10.2. The van der Waals surface area contributed by atoms with Crippen molar-refractivity contribution in [3.05, 3.63) is 35.9 Å². The molecule has 1 saturated heterocycles. The average molecular weight is 325 g/mol.